The first kappa shape index (κ1) is 13.8. The minimum absolute atomic E-state index is 0.0174. The fourth-order valence-electron chi connectivity index (χ4n) is 1.43. The molecule has 1 aromatic heterocycles. The lowest BCUT2D eigenvalue weighted by atomic mass is 9.89. The predicted octanol–water partition coefficient (Wildman–Crippen LogP) is 3.39. The summed E-state index contributed by atoms with van der Waals surface area (Å²) in [6.45, 7) is 12.3. The van der Waals surface area contributed by atoms with Crippen LogP contribution in [0, 0.1) is 5.41 Å². The molecule has 0 aliphatic carbocycles. The Kier molecular flexibility index (Phi) is 3.70. The molecule has 0 amide bonds. The summed E-state index contributed by atoms with van der Waals surface area (Å²) in [4.78, 5) is 20.6. The molecule has 0 spiro atoms. The van der Waals surface area contributed by atoms with Crippen molar-refractivity contribution in [3.05, 3.63) is 23.8 Å². The number of carbonyl (C=O) groups is 1. The van der Waals surface area contributed by atoms with Gasteiger partial charge in [-0.2, -0.15) is 0 Å². The molecule has 0 bridgehead atoms. The van der Waals surface area contributed by atoms with E-state index >= 15 is 0 Å². The molecule has 1 rings (SSSR count). The second-order valence-electron chi connectivity index (χ2n) is 6.70. The van der Waals surface area contributed by atoms with E-state index in [0.29, 0.717) is 12.1 Å². The fourth-order valence-corrected chi connectivity index (χ4v) is 1.43. The number of rotatable bonds is 2. The van der Waals surface area contributed by atoms with E-state index in [9.17, 15) is 4.79 Å². The minimum Gasteiger partial charge on any atom is -0.292 e. The lowest BCUT2D eigenvalue weighted by molar-refractivity contribution is 0.0934. The number of hydrogen-bond acceptors (Lipinski definition) is 3. The third-order valence-electron chi connectivity index (χ3n) is 2.38. The maximum absolute atomic E-state index is 12.0. The van der Waals surface area contributed by atoms with Gasteiger partial charge in [0.2, 0.25) is 0 Å². The van der Waals surface area contributed by atoms with Crippen LogP contribution < -0.4 is 0 Å². The van der Waals surface area contributed by atoms with E-state index in [1.165, 1.54) is 0 Å². The standard InChI is InChI=1S/C14H22N2O/c1-13(2,3)7-11(17)10-8-15-9-12(16-10)14(4,5)6/h8-9H,7H2,1-6H3. The van der Waals surface area contributed by atoms with Crippen LogP contribution in [0.1, 0.15) is 64.1 Å². The number of nitrogens with zero attached hydrogens (tertiary/aromatic N) is 2. The molecular weight excluding hydrogens is 212 g/mol. The number of carbonyl (C=O) groups excluding carboxylic acids is 1. The first-order valence-corrected chi connectivity index (χ1v) is 5.95. The summed E-state index contributed by atoms with van der Waals surface area (Å²) < 4.78 is 0. The zero-order valence-corrected chi connectivity index (χ0v) is 11.7. The summed E-state index contributed by atoms with van der Waals surface area (Å²) in [6.07, 6.45) is 3.78. The molecule has 0 atom stereocenters. The van der Waals surface area contributed by atoms with Gasteiger partial charge in [0.1, 0.15) is 5.69 Å². The van der Waals surface area contributed by atoms with E-state index in [1.54, 1.807) is 12.4 Å². The van der Waals surface area contributed by atoms with E-state index in [4.69, 9.17) is 0 Å². The SMILES string of the molecule is CC(C)(C)CC(=O)c1cncc(C(C)(C)C)n1. The number of ketones is 1. The Hall–Kier alpha value is -1.25. The van der Waals surface area contributed by atoms with Gasteiger partial charge in [0.25, 0.3) is 0 Å². The van der Waals surface area contributed by atoms with Gasteiger partial charge in [0, 0.05) is 18.0 Å². The molecule has 0 saturated heterocycles. The van der Waals surface area contributed by atoms with E-state index in [2.05, 4.69) is 30.7 Å². The average molecular weight is 234 g/mol. The van der Waals surface area contributed by atoms with Gasteiger partial charge in [-0.1, -0.05) is 41.5 Å². The van der Waals surface area contributed by atoms with Gasteiger partial charge >= 0.3 is 0 Å². The molecule has 94 valence electrons. The van der Waals surface area contributed by atoms with Crippen LogP contribution in [-0.2, 0) is 5.41 Å². The molecule has 0 aliphatic heterocycles. The summed E-state index contributed by atoms with van der Waals surface area (Å²) in [5, 5.41) is 0. The largest absolute Gasteiger partial charge is 0.292 e. The number of Topliss-reactive ketones (excluding diaryl/α,β-unsaturated/α-hetero) is 1. The quantitative estimate of drug-likeness (QED) is 0.737. The highest BCUT2D eigenvalue weighted by Gasteiger charge is 2.21. The summed E-state index contributed by atoms with van der Waals surface area (Å²) >= 11 is 0. The van der Waals surface area contributed by atoms with Crippen molar-refractivity contribution in [1.29, 1.82) is 0 Å². The van der Waals surface area contributed by atoms with Crippen molar-refractivity contribution in [2.24, 2.45) is 5.41 Å². The van der Waals surface area contributed by atoms with Crippen molar-refractivity contribution in [2.45, 2.75) is 53.4 Å². The lowest BCUT2D eigenvalue weighted by Crippen LogP contribution is -2.19. The summed E-state index contributed by atoms with van der Waals surface area (Å²) in [7, 11) is 0. The Morgan fingerprint density at radius 1 is 1.12 bits per heavy atom. The fraction of sp³-hybridized carbons (Fsp3) is 0.643. The number of hydrogen-bond donors (Lipinski definition) is 0. The van der Waals surface area contributed by atoms with Gasteiger partial charge in [-0.3, -0.25) is 9.78 Å². The third kappa shape index (κ3) is 4.25. The maximum Gasteiger partial charge on any atom is 0.183 e. The van der Waals surface area contributed by atoms with Crippen LogP contribution >= 0.6 is 0 Å². The predicted molar refractivity (Wildman–Crippen MR) is 69.1 cm³/mol. The second-order valence-corrected chi connectivity index (χ2v) is 6.70. The van der Waals surface area contributed by atoms with Gasteiger partial charge in [-0.25, -0.2) is 4.98 Å². The van der Waals surface area contributed by atoms with Gasteiger partial charge in [-0.15, -0.1) is 0 Å². The molecule has 3 heteroatoms. The van der Waals surface area contributed by atoms with Gasteiger partial charge < -0.3 is 0 Å². The Balaban J connectivity index is 2.97. The van der Waals surface area contributed by atoms with Crippen LogP contribution in [-0.4, -0.2) is 15.8 Å². The third-order valence-corrected chi connectivity index (χ3v) is 2.38. The molecule has 0 fully saturated rings. The molecule has 0 aromatic carbocycles. The molecule has 0 N–H and O–H groups in total. The van der Waals surface area contributed by atoms with Gasteiger partial charge in [-0.05, 0) is 5.41 Å². The maximum atomic E-state index is 12.0. The highest BCUT2D eigenvalue weighted by atomic mass is 16.1. The van der Waals surface area contributed by atoms with Crippen LogP contribution in [0.15, 0.2) is 12.4 Å². The van der Waals surface area contributed by atoms with Crippen LogP contribution in [0.2, 0.25) is 0 Å². The molecule has 0 aliphatic rings. The van der Waals surface area contributed by atoms with Crippen molar-refractivity contribution < 1.29 is 4.79 Å². The van der Waals surface area contributed by atoms with Crippen LogP contribution in [0.5, 0.6) is 0 Å². The summed E-state index contributed by atoms with van der Waals surface area (Å²) in [5.41, 5.74) is 1.24. The van der Waals surface area contributed by atoms with Crippen molar-refractivity contribution in [1.82, 2.24) is 9.97 Å². The first-order chi connectivity index (χ1) is 7.59. The highest BCUT2D eigenvalue weighted by molar-refractivity contribution is 5.94. The Morgan fingerprint density at radius 3 is 2.18 bits per heavy atom. The van der Waals surface area contributed by atoms with Gasteiger partial charge in [0.15, 0.2) is 5.78 Å². The molecule has 0 saturated carbocycles. The number of aromatic nitrogens is 2. The Morgan fingerprint density at radius 2 is 1.71 bits per heavy atom. The Bertz CT molecular complexity index is 411. The monoisotopic (exact) mass is 234 g/mol. The van der Waals surface area contributed by atoms with Crippen LogP contribution in [0.4, 0.5) is 0 Å². The highest BCUT2D eigenvalue weighted by Crippen LogP contribution is 2.22. The van der Waals surface area contributed by atoms with Crippen molar-refractivity contribution in [3.63, 3.8) is 0 Å². The van der Waals surface area contributed by atoms with Gasteiger partial charge in [0.05, 0.1) is 11.9 Å². The smallest absolute Gasteiger partial charge is 0.183 e. The van der Waals surface area contributed by atoms with Crippen molar-refractivity contribution in [2.75, 3.05) is 0 Å². The van der Waals surface area contributed by atoms with E-state index in [0.717, 1.165) is 5.69 Å². The molecule has 1 aromatic rings. The normalized spacial score (nSPS) is 12.6. The molecule has 17 heavy (non-hydrogen) atoms. The minimum atomic E-state index is -0.0784. The van der Waals surface area contributed by atoms with E-state index < -0.39 is 0 Å². The van der Waals surface area contributed by atoms with E-state index in [1.807, 2.05) is 20.8 Å². The molecule has 0 unspecified atom stereocenters. The zero-order valence-electron chi connectivity index (χ0n) is 11.7. The molecular formula is C14H22N2O. The zero-order chi connectivity index (χ0) is 13.3. The van der Waals surface area contributed by atoms with Crippen molar-refractivity contribution >= 4 is 5.78 Å². The topological polar surface area (TPSA) is 42.9 Å². The summed E-state index contributed by atoms with van der Waals surface area (Å²) in [5.74, 6) is 0.0658. The molecule has 3 nitrogen and oxygen atoms in total. The van der Waals surface area contributed by atoms with Crippen LogP contribution in [0.3, 0.4) is 0 Å². The molecule has 1 heterocycles. The van der Waals surface area contributed by atoms with Crippen molar-refractivity contribution in [3.8, 4) is 0 Å². The lowest BCUT2D eigenvalue weighted by Gasteiger charge is -2.19. The average Bonchev–Trinajstić information content (AvgIpc) is 2.14. The first-order valence-electron chi connectivity index (χ1n) is 5.95. The summed E-state index contributed by atoms with van der Waals surface area (Å²) in [6, 6.07) is 0. The van der Waals surface area contributed by atoms with Crippen LogP contribution in [0.25, 0.3) is 0 Å². The molecule has 0 radical (unpaired) electrons. The Labute approximate surface area is 104 Å². The second kappa shape index (κ2) is 4.55. The van der Waals surface area contributed by atoms with E-state index in [-0.39, 0.29) is 16.6 Å².